The lowest BCUT2D eigenvalue weighted by Gasteiger charge is -2.19. The summed E-state index contributed by atoms with van der Waals surface area (Å²) in [6, 6.07) is 3.31. The van der Waals surface area contributed by atoms with Crippen LogP contribution in [-0.4, -0.2) is 25.3 Å². The zero-order valence-corrected chi connectivity index (χ0v) is 11.0. The van der Waals surface area contributed by atoms with Gasteiger partial charge in [-0.25, -0.2) is 4.39 Å². The van der Waals surface area contributed by atoms with Crippen molar-refractivity contribution in [1.29, 1.82) is 0 Å². The van der Waals surface area contributed by atoms with E-state index in [1.54, 1.807) is 12.1 Å². The van der Waals surface area contributed by atoms with Crippen molar-refractivity contribution in [2.75, 3.05) is 14.2 Å². The number of halogens is 1. The molecule has 4 nitrogen and oxygen atoms in total. The fraction of sp³-hybridized carbons (Fsp3) is 0.500. The van der Waals surface area contributed by atoms with Crippen LogP contribution in [0.1, 0.15) is 30.4 Å². The molecule has 0 unspecified atom stereocenters. The summed E-state index contributed by atoms with van der Waals surface area (Å²) in [7, 11) is 2.98. The zero-order valence-electron chi connectivity index (χ0n) is 11.0. The van der Waals surface area contributed by atoms with E-state index >= 15 is 0 Å². The van der Waals surface area contributed by atoms with Crippen LogP contribution in [0.4, 0.5) is 4.39 Å². The maximum atomic E-state index is 12.9. The highest BCUT2D eigenvalue weighted by Gasteiger charge is 2.48. The Kier molecular flexibility index (Phi) is 3.64. The smallest absolute Gasteiger partial charge is 0.304 e. The number of hydrogen-bond acceptors (Lipinski definition) is 3. The number of carbonyl (C=O) groups is 1. The van der Waals surface area contributed by atoms with Crippen molar-refractivity contribution in [1.82, 2.24) is 0 Å². The van der Waals surface area contributed by atoms with Crippen molar-refractivity contribution in [3.05, 3.63) is 23.3 Å². The molecular formula is C14H17FO4. The number of hydrogen-bond donors (Lipinski definition) is 1. The highest BCUT2D eigenvalue weighted by Crippen LogP contribution is 2.55. The minimum absolute atomic E-state index is 0.0570. The molecule has 0 aromatic heterocycles. The number of ether oxygens (including phenoxy) is 2. The summed E-state index contributed by atoms with van der Waals surface area (Å²) in [5.74, 6) is 0.134. The molecule has 1 N–H and O–H groups in total. The van der Waals surface area contributed by atoms with Gasteiger partial charge in [0.2, 0.25) is 0 Å². The second-order valence-corrected chi connectivity index (χ2v) is 4.85. The van der Waals surface area contributed by atoms with E-state index in [4.69, 9.17) is 14.6 Å². The molecule has 0 heterocycles. The second-order valence-electron chi connectivity index (χ2n) is 4.85. The number of methoxy groups -OCH3 is 2. The standard InChI is InChI=1S/C14H17FO4/c1-18-11-6-10(12(19-2)5-9(11)8-15)14(3-4-14)7-13(16)17/h5-6H,3-4,7-8H2,1-2H3,(H,16,17). The van der Waals surface area contributed by atoms with E-state index in [1.807, 2.05) is 0 Å². The molecule has 1 aliphatic carbocycles. The summed E-state index contributed by atoms with van der Waals surface area (Å²) in [4.78, 5) is 11.0. The maximum Gasteiger partial charge on any atom is 0.304 e. The molecule has 2 rings (SSSR count). The first-order valence-corrected chi connectivity index (χ1v) is 6.09. The molecule has 1 aromatic carbocycles. The van der Waals surface area contributed by atoms with E-state index in [-0.39, 0.29) is 11.8 Å². The Morgan fingerprint density at radius 1 is 1.32 bits per heavy atom. The van der Waals surface area contributed by atoms with Crippen LogP contribution in [0.15, 0.2) is 12.1 Å². The van der Waals surface area contributed by atoms with Gasteiger partial charge in [0.1, 0.15) is 18.2 Å². The van der Waals surface area contributed by atoms with Crippen LogP contribution in [0.5, 0.6) is 11.5 Å². The van der Waals surface area contributed by atoms with Gasteiger partial charge in [-0.3, -0.25) is 4.79 Å². The van der Waals surface area contributed by atoms with Gasteiger partial charge in [0.05, 0.1) is 20.6 Å². The molecule has 1 aromatic rings. The molecule has 0 saturated heterocycles. The van der Waals surface area contributed by atoms with E-state index < -0.39 is 12.6 Å². The van der Waals surface area contributed by atoms with E-state index in [0.717, 1.165) is 18.4 Å². The van der Waals surface area contributed by atoms with Crippen molar-refractivity contribution >= 4 is 5.97 Å². The van der Waals surface area contributed by atoms with Gasteiger partial charge in [-0.1, -0.05) is 0 Å². The molecule has 1 aliphatic rings. The van der Waals surface area contributed by atoms with Crippen molar-refractivity contribution in [3.8, 4) is 11.5 Å². The minimum atomic E-state index is -0.840. The molecule has 1 saturated carbocycles. The topological polar surface area (TPSA) is 55.8 Å². The highest BCUT2D eigenvalue weighted by molar-refractivity contribution is 5.71. The number of aliphatic carboxylic acids is 1. The first-order chi connectivity index (χ1) is 9.06. The highest BCUT2D eigenvalue weighted by atomic mass is 19.1. The molecule has 0 amide bonds. The lowest BCUT2D eigenvalue weighted by Crippen LogP contribution is -2.14. The van der Waals surface area contributed by atoms with Gasteiger partial charge in [-0.15, -0.1) is 0 Å². The van der Waals surface area contributed by atoms with Gasteiger partial charge in [-0.2, -0.15) is 0 Å². The summed E-state index contributed by atoms with van der Waals surface area (Å²) in [6.45, 7) is -0.647. The Morgan fingerprint density at radius 3 is 2.37 bits per heavy atom. The van der Waals surface area contributed by atoms with Crippen LogP contribution >= 0.6 is 0 Å². The molecule has 0 spiro atoms. The molecule has 1 fully saturated rings. The third-order valence-electron chi connectivity index (χ3n) is 3.66. The van der Waals surface area contributed by atoms with E-state index in [9.17, 15) is 9.18 Å². The molecule has 104 valence electrons. The van der Waals surface area contributed by atoms with Crippen molar-refractivity contribution < 1.29 is 23.8 Å². The Labute approximate surface area is 111 Å². The Bertz CT molecular complexity index is 494. The summed E-state index contributed by atoms with van der Waals surface area (Å²) in [6.07, 6.45) is 1.66. The largest absolute Gasteiger partial charge is 0.496 e. The third-order valence-corrected chi connectivity index (χ3v) is 3.66. The quantitative estimate of drug-likeness (QED) is 0.861. The number of alkyl halides is 1. The molecule has 0 aliphatic heterocycles. The summed E-state index contributed by atoms with van der Waals surface area (Å²) in [5.41, 5.74) is 0.819. The van der Waals surface area contributed by atoms with Crippen LogP contribution in [0.25, 0.3) is 0 Å². The van der Waals surface area contributed by atoms with Gasteiger partial charge < -0.3 is 14.6 Å². The fourth-order valence-corrected chi connectivity index (χ4v) is 2.46. The van der Waals surface area contributed by atoms with Gasteiger partial charge in [0, 0.05) is 16.5 Å². The van der Waals surface area contributed by atoms with E-state index in [1.165, 1.54) is 14.2 Å². The molecule has 5 heteroatoms. The number of benzene rings is 1. The number of carboxylic acids is 1. The molecule has 0 atom stereocenters. The average molecular weight is 268 g/mol. The zero-order chi connectivity index (χ0) is 14.0. The van der Waals surface area contributed by atoms with Crippen molar-refractivity contribution in [3.63, 3.8) is 0 Å². The predicted molar refractivity (Wildman–Crippen MR) is 67.5 cm³/mol. The summed E-state index contributed by atoms with van der Waals surface area (Å²) in [5, 5.41) is 9.01. The number of rotatable bonds is 6. The molecule has 0 radical (unpaired) electrons. The number of carboxylic acid groups (broad SMARTS) is 1. The van der Waals surface area contributed by atoms with Gasteiger partial charge in [0.15, 0.2) is 0 Å². The monoisotopic (exact) mass is 268 g/mol. The van der Waals surface area contributed by atoms with Gasteiger partial charge in [-0.05, 0) is 25.0 Å². The summed E-state index contributed by atoms with van der Waals surface area (Å²) >= 11 is 0. The first-order valence-electron chi connectivity index (χ1n) is 6.09. The Hall–Kier alpha value is -1.78. The van der Waals surface area contributed by atoms with Crippen LogP contribution < -0.4 is 9.47 Å². The Balaban J connectivity index is 2.47. The SMILES string of the molecule is COc1cc(C2(CC(=O)O)CC2)c(OC)cc1CF. The van der Waals surface area contributed by atoms with Crippen LogP contribution in [0.3, 0.4) is 0 Å². The third kappa shape index (κ3) is 2.50. The summed E-state index contributed by atoms with van der Waals surface area (Å²) < 4.78 is 23.4. The van der Waals surface area contributed by atoms with Crippen molar-refractivity contribution in [2.24, 2.45) is 0 Å². The predicted octanol–water partition coefficient (Wildman–Crippen LogP) is 2.68. The minimum Gasteiger partial charge on any atom is -0.496 e. The maximum absolute atomic E-state index is 12.9. The second kappa shape index (κ2) is 5.07. The lowest BCUT2D eigenvalue weighted by atomic mass is 9.90. The van der Waals surface area contributed by atoms with Crippen LogP contribution in [0, 0.1) is 0 Å². The Morgan fingerprint density at radius 2 is 1.95 bits per heavy atom. The normalized spacial score (nSPS) is 15.9. The van der Waals surface area contributed by atoms with E-state index in [0.29, 0.717) is 17.1 Å². The van der Waals surface area contributed by atoms with Gasteiger partial charge >= 0.3 is 5.97 Å². The van der Waals surface area contributed by atoms with Crippen LogP contribution in [-0.2, 0) is 16.9 Å². The lowest BCUT2D eigenvalue weighted by molar-refractivity contribution is -0.137. The first kappa shape index (κ1) is 13.6. The molecular weight excluding hydrogens is 251 g/mol. The van der Waals surface area contributed by atoms with Crippen molar-refractivity contribution in [2.45, 2.75) is 31.4 Å². The van der Waals surface area contributed by atoms with E-state index in [2.05, 4.69) is 0 Å². The van der Waals surface area contributed by atoms with Gasteiger partial charge in [0.25, 0.3) is 0 Å². The average Bonchev–Trinajstić information content (AvgIpc) is 3.16. The fourth-order valence-electron chi connectivity index (χ4n) is 2.46. The molecule has 0 bridgehead atoms. The molecule has 19 heavy (non-hydrogen) atoms. The van der Waals surface area contributed by atoms with Crippen LogP contribution in [0.2, 0.25) is 0 Å².